The van der Waals surface area contributed by atoms with Crippen molar-refractivity contribution in [3.05, 3.63) is 29.3 Å². The summed E-state index contributed by atoms with van der Waals surface area (Å²) < 4.78 is 0. The van der Waals surface area contributed by atoms with Gasteiger partial charge in [0.15, 0.2) is 0 Å². The average molecular weight is 279 g/mol. The summed E-state index contributed by atoms with van der Waals surface area (Å²) in [4.78, 5) is 11.3. The third-order valence-corrected chi connectivity index (χ3v) is 4.87. The zero-order valence-electron chi connectivity index (χ0n) is 11.5. The van der Waals surface area contributed by atoms with Gasteiger partial charge in [-0.2, -0.15) is 11.8 Å². The van der Waals surface area contributed by atoms with Crippen LogP contribution in [0.15, 0.2) is 18.2 Å². The van der Waals surface area contributed by atoms with Crippen LogP contribution in [0.4, 0.5) is 5.69 Å². The topological polar surface area (TPSA) is 49.3 Å². The van der Waals surface area contributed by atoms with Crippen LogP contribution in [0.3, 0.4) is 0 Å². The highest BCUT2D eigenvalue weighted by molar-refractivity contribution is 7.99. The molecule has 1 aromatic carbocycles. The molecule has 1 saturated carbocycles. The van der Waals surface area contributed by atoms with Crippen molar-refractivity contribution in [1.29, 1.82) is 0 Å². The van der Waals surface area contributed by atoms with Crippen molar-refractivity contribution in [2.75, 3.05) is 11.1 Å². The van der Waals surface area contributed by atoms with Crippen LogP contribution in [0.1, 0.15) is 42.1 Å². The Morgan fingerprint density at radius 1 is 1.47 bits per heavy atom. The van der Waals surface area contributed by atoms with Crippen LogP contribution in [-0.2, 0) is 0 Å². The number of nitrogens with one attached hydrogen (secondary N) is 1. The van der Waals surface area contributed by atoms with Gasteiger partial charge in [-0.15, -0.1) is 0 Å². The predicted octanol–water partition coefficient (Wildman–Crippen LogP) is 3.78. The molecule has 1 fully saturated rings. The van der Waals surface area contributed by atoms with Crippen molar-refractivity contribution in [3.8, 4) is 0 Å². The molecular formula is C15H21NO2S. The van der Waals surface area contributed by atoms with E-state index in [2.05, 4.69) is 12.2 Å². The Labute approximate surface area is 118 Å². The SMILES string of the molecule is CCSC1CCC(Nc2c(C)cccc2C(=O)O)C1. The van der Waals surface area contributed by atoms with E-state index >= 15 is 0 Å². The lowest BCUT2D eigenvalue weighted by molar-refractivity contribution is 0.0698. The van der Waals surface area contributed by atoms with Crippen molar-refractivity contribution >= 4 is 23.4 Å². The van der Waals surface area contributed by atoms with Crippen LogP contribution >= 0.6 is 11.8 Å². The number of para-hydroxylation sites is 1. The fourth-order valence-electron chi connectivity index (χ4n) is 2.70. The summed E-state index contributed by atoms with van der Waals surface area (Å²) in [5.74, 6) is 0.297. The Bertz CT molecular complexity index is 461. The van der Waals surface area contributed by atoms with Gasteiger partial charge in [0.05, 0.1) is 11.3 Å². The third kappa shape index (κ3) is 3.44. The van der Waals surface area contributed by atoms with E-state index in [1.54, 1.807) is 12.1 Å². The Morgan fingerprint density at radius 3 is 2.95 bits per heavy atom. The fraction of sp³-hybridized carbons (Fsp3) is 0.533. The van der Waals surface area contributed by atoms with E-state index in [-0.39, 0.29) is 0 Å². The van der Waals surface area contributed by atoms with Gasteiger partial charge in [-0.3, -0.25) is 0 Å². The van der Waals surface area contributed by atoms with Crippen molar-refractivity contribution in [1.82, 2.24) is 0 Å². The van der Waals surface area contributed by atoms with Gasteiger partial charge in [0, 0.05) is 11.3 Å². The van der Waals surface area contributed by atoms with Crippen LogP contribution < -0.4 is 5.32 Å². The van der Waals surface area contributed by atoms with Crippen LogP contribution in [0.2, 0.25) is 0 Å². The van der Waals surface area contributed by atoms with Gasteiger partial charge >= 0.3 is 5.97 Å². The fourth-order valence-corrected chi connectivity index (χ4v) is 3.84. The molecular weight excluding hydrogens is 258 g/mol. The molecule has 0 spiro atoms. The number of carboxylic acids is 1. The predicted molar refractivity (Wildman–Crippen MR) is 81.3 cm³/mol. The molecule has 0 radical (unpaired) electrons. The number of carbonyl (C=O) groups is 1. The van der Waals surface area contributed by atoms with Crippen LogP contribution in [0.5, 0.6) is 0 Å². The van der Waals surface area contributed by atoms with E-state index in [4.69, 9.17) is 0 Å². The molecule has 104 valence electrons. The minimum absolute atomic E-state index is 0.381. The van der Waals surface area contributed by atoms with Crippen molar-refractivity contribution in [2.24, 2.45) is 0 Å². The summed E-state index contributed by atoms with van der Waals surface area (Å²) in [6.45, 7) is 4.15. The van der Waals surface area contributed by atoms with Gasteiger partial charge in [0.25, 0.3) is 0 Å². The molecule has 0 heterocycles. The number of benzene rings is 1. The minimum atomic E-state index is -0.858. The first-order chi connectivity index (χ1) is 9.11. The highest BCUT2D eigenvalue weighted by Gasteiger charge is 2.25. The maximum Gasteiger partial charge on any atom is 0.337 e. The number of hydrogen-bond donors (Lipinski definition) is 2. The standard InChI is InChI=1S/C15H21NO2S/c1-3-19-12-8-7-11(9-12)16-14-10(2)5-4-6-13(14)15(17)18/h4-6,11-12,16H,3,7-9H2,1-2H3,(H,17,18). The molecule has 4 heteroatoms. The summed E-state index contributed by atoms with van der Waals surface area (Å²) in [7, 11) is 0. The highest BCUT2D eigenvalue weighted by Crippen LogP contribution is 2.33. The van der Waals surface area contributed by atoms with Gasteiger partial charge in [-0.05, 0) is 43.6 Å². The van der Waals surface area contributed by atoms with E-state index in [9.17, 15) is 9.90 Å². The third-order valence-electron chi connectivity index (χ3n) is 3.64. The van der Waals surface area contributed by atoms with Gasteiger partial charge < -0.3 is 10.4 Å². The minimum Gasteiger partial charge on any atom is -0.478 e. The second kappa shape index (κ2) is 6.33. The molecule has 0 bridgehead atoms. The van der Waals surface area contributed by atoms with Crippen LogP contribution in [0, 0.1) is 6.92 Å². The number of rotatable bonds is 5. The average Bonchev–Trinajstić information content (AvgIpc) is 2.79. The molecule has 2 atom stereocenters. The molecule has 2 N–H and O–H groups in total. The number of anilines is 1. The zero-order valence-corrected chi connectivity index (χ0v) is 12.3. The molecule has 1 aliphatic rings. The van der Waals surface area contributed by atoms with Crippen molar-refractivity contribution in [2.45, 2.75) is 44.4 Å². The number of hydrogen-bond acceptors (Lipinski definition) is 3. The Hall–Kier alpha value is -1.16. The molecule has 2 rings (SSSR count). The normalized spacial score (nSPS) is 22.4. The first-order valence-corrected chi connectivity index (χ1v) is 7.87. The van der Waals surface area contributed by atoms with E-state index in [0.29, 0.717) is 11.6 Å². The molecule has 3 nitrogen and oxygen atoms in total. The Morgan fingerprint density at radius 2 is 2.26 bits per heavy atom. The first kappa shape index (κ1) is 14.3. The summed E-state index contributed by atoms with van der Waals surface area (Å²) in [6.07, 6.45) is 3.49. The summed E-state index contributed by atoms with van der Waals surface area (Å²) in [6, 6.07) is 5.84. The van der Waals surface area contributed by atoms with Gasteiger partial charge in [0.2, 0.25) is 0 Å². The van der Waals surface area contributed by atoms with Crippen LogP contribution in [-0.4, -0.2) is 28.1 Å². The molecule has 1 aliphatic carbocycles. The highest BCUT2D eigenvalue weighted by atomic mass is 32.2. The van der Waals surface area contributed by atoms with E-state index in [1.807, 2.05) is 24.8 Å². The molecule has 0 saturated heterocycles. The van der Waals surface area contributed by atoms with E-state index in [1.165, 1.54) is 6.42 Å². The van der Waals surface area contributed by atoms with Crippen molar-refractivity contribution in [3.63, 3.8) is 0 Å². The zero-order chi connectivity index (χ0) is 13.8. The van der Waals surface area contributed by atoms with E-state index in [0.717, 1.165) is 35.1 Å². The number of aryl methyl sites for hydroxylation is 1. The lowest BCUT2D eigenvalue weighted by atomic mass is 10.1. The Kier molecular flexibility index (Phi) is 4.75. The largest absolute Gasteiger partial charge is 0.478 e. The van der Waals surface area contributed by atoms with Gasteiger partial charge in [-0.1, -0.05) is 19.1 Å². The van der Waals surface area contributed by atoms with Gasteiger partial charge in [0.1, 0.15) is 0 Å². The lowest BCUT2D eigenvalue weighted by Gasteiger charge is -2.18. The monoisotopic (exact) mass is 279 g/mol. The molecule has 2 unspecified atom stereocenters. The second-order valence-electron chi connectivity index (χ2n) is 5.03. The smallest absolute Gasteiger partial charge is 0.337 e. The second-order valence-corrected chi connectivity index (χ2v) is 6.61. The van der Waals surface area contributed by atoms with E-state index < -0.39 is 5.97 Å². The first-order valence-electron chi connectivity index (χ1n) is 6.82. The molecule has 0 amide bonds. The summed E-state index contributed by atoms with van der Waals surface area (Å²) in [5, 5.41) is 13.4. The maximum atomic E-state index is 11.3. The number of carboxylic acid groups (broad SMARTS) is 1. The van der Waals surface area contributed by atoms with Gasteiger partial charge in [-0.25, -0.2) is 4.79 Å². The Balaban J connectivity index is 2.09. The number of thioether (sulfide) groups is 1. The molecule has 0 aromatic heterocycles. The molecule has 0 aliphatic heterocycles. The lowest BCUT2D eigenvalue weighted by Crippen LogP contribution is -2.19. The van der Waals surface area contributed by atoms with Crippen LogP contribution in [0.25, 0.3) is 0 Å². The molecule has 19 heavy (non-hydrogen) atoms. The van der Waals surface area contributed by atoms with Crippen molar-refractivity contribution < 1.29 is 9.90 Å². The molecule has 1 aromatic rings. The summed E-state index contributed by atoms with van der Waals surface area (Å²) >= 11 is 2.01. The quantitative estimate of drug-likeness (QED) is 0.861. The number of aromatic carboxylic acids is 1. The summed E-state index contributed by atoms with van der Waals surface area (Å²) in [5.41, 5.74) is 2.18. The maximum absolute atomic E-state index is 11.3.